The summed E-state index contributed by atoms with van der Waals surface area (Å²) >= 11 is 0.890. The number of methoxy groups -OCH3 is 1. The SMILES string of the molecule is CCc1nc(S/C(=C\c2ccc(OCC#N)c(OC)c2)C(=O)[O-])n[nH]1. The molecule has 1 aromatic carbocycles. The standard InChI is InChI=1S/C16H16N4O4S/c1-3-14-18-16(20-19-14)25-13(15(21)22)9-10-4-5-11(24-7-6-17)12(8-10)23-2/h4-5,8-9H,3,7H2,1-2H3,(H,21,22)(H,18,19,20)/p-1/b13-9-. The van der Waals surface area contributed by atoms with Gasteiger partial charge in [0.1, 0.15) is 11.9 Å². The summed E-state index contributed by atoms with van der Waals surface area (Å²) in [5.41, 5.74) is 0.569. The van der Waals surface area contributed by atoms with Crippen LogP contribution in [0.2, 0.25) is 0 Å². The summed E-state index contributed by atoms with van der Waals surface area (Å²) in [7, 11) is 1.45. The molecular weight excluding hydrogens is 344 g/mol. The van der Waals surface area contributed by atoms with Gasteiger partial charge in [-0.15, -0.1) is 5.10 Å². The smallest absolute Gasteiger partial charge is 0.213 e. The van der Waals surface area contributed by atoms with E-state index in [-0.39, 0.29) is 11.5 Å². The Morgan fingerprint density at radius 3 is 2.88 bits per heavy atom. The van der Waals surface area contributed by atoms with Crippen molar-refractivity contribution in [2.75, 3.05) is 13.7 Å². The number of hydrogen-bond donors (Lipinski definition) is 1. The van der Waals surface area contributed by atoms with E-state index in [1.54, 1.807) is 18.2 Å². The molecule has 0 unspecified atom stereocenters. The highest BCUT2D eigenvalue weighted by Crippen LogP contribution is 2.31. The average Bonchev–Trinajstić information content (AvgIpc) is 3.07. The summed E-state index contributed by atoms with van der Waals surface area (Å²) in [5.74, 6) is 0.112. The molecule has 0 bridgehead atoms. The fourth-order valence-electron chi connectivity index (χ4n) is 1.86. The minimum Gasteiger partial charge on any atom is -0.544 e. The first-order valence-corrected chi connectivity index (χ1v) is 8.09. The Bertz CT molecular complexity index is 826. The van der Waals surface area contributed by atoms with Gasteiger partial charge in [-0.3, -0.25) is 5.10 Å². The minimum absolute atomic E-state index is 0.0469. The van der Waals surface area contributed by atoms with Gasteiger partial charge in [0, 0.05) is 11.3 Å². The third kappa shape index (κ3) is 4.99. The lowest BCUT2D eigenvalue weighted by Crippen LogP contribution is -2.23. The quantitative estimate of drug-likeness (QED) is 0.550. The summed E-state index contributed by atoms with van der Waals surface area (Å²) in [6.45, 7) is 1.79. The molecule has 0 aliphatic heterocycles. The van der Waals surface area contributed by atoms with Crippen molar-refractivity contribution >= 4 is 23.8 Å². The van der Waals surface area contributed by atoms with Crippen LogP contribution in [0.3, 0.4) is 0 Å². The Morgan fingerprint density at radius 1 is 1.48 bits per heavy atom. The molecule has 8 nitrogen and oxygen atoms in total. The number of H-pyrrole nitrogens is 1. The van der Waals surface area contributed by atoms with Gasteiger partial charge >= 0.3 is 0 Å². The highest BCUT2D eigenvalue weighted by Gasteiger charge is 2.10. The maximum atomic E-state index is 11.4. The van der Waals surface area contributed by atoms with Gasteiger partial charge in [0.15, 0.2) is 18.1 Å². The molecule has 0 saturated carbocycles. The number of aromatic nitrogens is 3. The van der Waals surface area contributed by atoms with Crippen molar-refractivity contribution in [2.45, 2.75) is 18.5 Å². The van der Waals surface area contributed by atoms with E-state index in [0.29, 0.717) is 34.5 Å². The molecule has 1 heterocycles. The van der Waals surface area contributed by atoms with Crippen LogP contribution in [0.4, 0.5) is 0 Å². The molecule has 2 rings (SSSR count). The van der Waals surface area contributed by atoms with Crippen LogP contribution in [-0.2, 0) is 11.2 Å². The first-order chi connectivity index (χ1) is 12.1. The molecule has 9 heteroatoms. The second-order valence-corrected chi connectivity index (χ2v) is 5.68. The van der Waals surface area contributed by atoms with Crippen LogP contribution in [0.5, 0.6) is 11.5 Å². The summed E-state index contributed by atoms with van der Waals surface area (Å²) in [6, 6.07) is 6.72. The third-order valence-corrected chi connectivity index (χ3v) is 3.90. The van der Waals surface area contributed by atoms with E-state index < -0.39 is 5.97 Å². The number of hydrogen-bond acceptors (Lipinski definition) is 8. The normalized spacial score (nSPS) is 11.0. The Morgan fingerprint density at radius 2 is 2.28 bits per heavy atom. The number of aliphatic carboxylic acids is 1. The molecule has 0 radical (unpaired) electrons. The zero-order valence-corrected chi connectivity index (χ0v) is 14.4. The largest absolute Gasteiger partial charge is 0.544 e. The molecule has 0 spiro atoms. The zero-order valence-electron chi connectivity index (χ0n) is 13.6. The highest BCUT2D eigenvalue weighted by atomic mass is 32.2. The molecule has 1 N–H and O–H groups in total. The van der Waals surface area contributed by atoms with Gasteiger partial charge in [-0.05, 0) is 35.5 Å². The number of carbonyl (C=O) groups excluding carboxylic acids is 1. The summed E-state index contributed by atoms with van der Waals surface area (Å²) in [5, 5.41) is 26.9. The van der Waals surface area contributed by atoms with Crippen LogP contribution in [0, 0.1) is 11.3 Å². The van der Waals surface area contributed by atoms with Crippen LogP contribution in [0.25, 0.3) is 6.08 Å². The lowest BCUT2D eigenvalue weighted by molar-refractivity contribution is -0.297. The number of rotatable bonds is 8. The maximum Gasteiger partial charge on any atom is 0.213 e. The molecule has 0 amide bonds. The molecule has 2 aromatic rings. The lowest BCUT2D eigenvalue weighted by atomic mass is 10.2. The predicted molar refractivity (Wildman–Crippen MR) is 88.7 cm³/mol. The second-order valence-electron chi connectivity index (χ2n) is 4.67. The van der Waals surface area contributed by atoms with Gasteiger partial charge in [-0.2, -0.15) is 5.26 Å². The van der Waals surface area contributed by atoms with Gasteiger partial charge in [-0.25, -0.2) is 4.98 Å². The molecule has 0 aliphatic carbocycles. The van der Waals surface area contributed by atoms with Crippen molar-refractivity contribution in [2.24, 2.45) is 0 Å². The van der Waals surface area contributed by atoms with Gasteiger partial charge in [-0.1, -0.05) is 13.0 Å². The van der Waals surface area contributed by atoms with Crippen molar-refractivity contribution in [3.8, 4) is 17.6 Å². The number of aromatic amines is 1. The van der Waals surface area contributed by atoms with Crippen molar-refractivity contribution in [3.63, 3.8) is 0 Å². The van der Waals surface area contributed by atoms with Crippen molar-refractivity contribution < 1.29 is 19.4 Å². The maximum absolute atomic E-state index is 11.4. The lowest BCUT2D eigenvalue weighted by Gasteiger charge is -2.10. The first-order valence-electron chi connectivity index (χ1n) is 7.27. The number of thioether (sulfide) groups is 1. The number of ether oxygens (including phenoxy) is 2. The van der Waals surface area contributed by atoms with Gasteiger partial charge in [0.05, 0.1) is 13.1 Å². The van der Waals surface area contributed by atoms with E-state index in [4.69, 9.17) is 14.7 Å². The van der Waals surface area contributed by atoms with E-state index in [9.17, 15) is 9.90 Å². The fraction of sp³-hybridized carbons (Fsp3) is 0.250. The fourth-order valence-corrected chi connectivity index (χ4v) is 2.59. The number of benzene rings is 1. The number of aryl methyl sites for hydroxylation is 1. The van der Waals surface area contributed by atoms with Crippen LogP contribution >= 0.6 is 11.8 Å². The number of nitrogens with one attached hydrogen (secondary N) is 1. The van der Waals surface area contributed by atoms with Gasteiger partial charge < -0.3 is 19.4 Å². The Kier molecular flexibility index (Phi) is 6.42. The highest BCUT2D eigenvalue weighted by molar-refractivity contribution is 8.04. The second kappa shape index (κ2) is 8.75. The Hall–Kier alpha value is -2.99. The van der Waals surface area contributed by atoms with Crippen LogP contribution in [0.15, 0.2) is 28.3 Å². The summed E-state index contributed by atoms with van der Waals surface area (Å²) in [4.78, 5) is 15.5. The number of carboxylic acids is 1. The zero-order chi connectivity index (χ0) is 18.2. The van der Waals surface area contributed by atoms with E-state index in [1.807, 2.05) is 13.0 Å². The molecule has 0 saturated heterocycles. The Labute approximate surface area is 148 Å². The van der Waals surface area contributed by atoms with Crippen molar-refractivity contribution in [3.05, 3.63) is 34.5 Å². The Balaban J connectivity index is 2.27. The molecule has 0 aliphatic rings. The average molecular weight is 359 g/mol. The van der Waals surface area contributed by atoms with Crippen molar-refractivity contribution in [1.82, 2.24) is 15.2 Å². The third-order valence-electron chi connectivity index (χ3n) is 3.03. The molecule has 0 fully saturated rings. The van der Waals surface area contributed by atoms with Crippen LogP contribution < -0.4 is 14.6 Å². The first kappa shape index (κ1) is 18.4. The number of nitrogens with zero attached hydrogens (tertiary/aromatic N) is 3. The molecule has 1 aromatic heterocycles. The van der Waals surface area contributed by atoms with E-state index >= 15 is 0 Å². The van der Waals surface area contributed by atoms with Gasteiger partial charge in [0.2, 0.25) is 5.16 Å². The molecule has 130 valence electrons. The van der Waals surface area contributed by atoms with E-state index in [0.717, 1.165) is 11.8 Å². The van der Waals surface area contributed by atoms with Crippen molar-refractivity contribution in [1.29, 1.82) is 5.26 Å². The topological polar surface area (TPSA) is 124 Å². The number of carboxylic acid groups (broad SMARTS) is 1. The predicted octanol–water partition coefficient (Wildman–Crippen LogP) is 1.16. The molecular formula is C16H15N4O4S-. The summed E-state index contributed by atoms with van der Waals surface area (Å²) in [6.07, 6.45) is 2.10. The molecule has 0 atom stereocenters. The van der Waals surface area contributed by atoms with E-state index in [1.165, 1.54) is 13.2 Å². The van der Waals surface area contributed by atoms with Gasteiger partial charge in [0.25, 0.3) is 0 Å². The molecule has 25 heavy (non-hydrogen) atoms. The van der Waals surface area contributed by atoms with E-state index in [2.05, 4.69) is 15.2 Å². The van der Waals surface area contributed by atoms with Crippen LogP contribution in [-0.4, -0.2) is 34.9 Å². The number of nitriles is 1. The number of carbonyl (C=O) groups is 1. The monoisotopic (exact) mass is 359 g/mol. The van der Waals surface area contributed by atoms with Crippen LogP contribution in [0.1, 0.15) is 18.3 Å². The summed E-state index contributed by atoms with van der Waals surface area (Å²) < 4.78 is 10.4. The minimum atomic E-state index is -1.34.